The van der Waals surface area contributed by atoms with Gasteiger partial charge in [-0.15, -0.1) is 11.8 Å². The van der Waals surface area contributed by atoms with Crippen molar-refractivity contribution in [3.05, 3.63) is 35.9 Å². The topological polar surface area (TPSA) is 12.0 Å². The second-order valence-electron chi connectivity index (χ2n) is 4.06. The van der Waals surface area contributed by atoms with Crippen LogP contribution < -0.4 is 5.32 Å². The summed E-state index contributed by atoms with van der Waals surface area (Å²) in [6.07, 6.45) is 2.08. The Morgan fingerprint density at radius 1 is 1.25 bits per heavy atom. The number of rotatable bonds is 5. The fourth-order valence-corrected chi connectivity index (χ4v) is 1.99. The summed E-state index contributed by atoms with van der Waals surface area (Å²) in [6.45, 7) is 4.17. The van der Waals surface area contributed by atoms with Crippen molar-refractivity contribution in [3.8, 4) is 11.8 Å². The third-order valence-electron chi connectivity index (χ3n) is 3.06. The summed E-state index contributed by atoms with van der Waals surface area (Å²) in [5.74, 6) is 6.61. The van der Waals surface area contributed by atoms with Crippen LogP contribution >= 0.6 is 0 Å². The molecule has 1 rings (SSSR count). The molecule has 0 aromatic heterocycles. The van der Waals surface area contributed by atoms with Crippen molar-refractivity contribution in [1.82, 2.24) is 5.32 Å². The van der Waals surface area contributed by atoms with Crippen molar-refractivity contribution in [2.75, 3.05) is 7.05 Å². The fourth-order valence-electron chi connectivity index (χ4n) is 1.99. The van der Waals surface area contributed by atoms with E-state index in [-0.39, 0.29) is 0 Å². The lowest BCUT2D eigenvalue weighted by atomic mass is 9.90. The fraction of sp³-hybridized carbons (Fsp3) is 0.467. The van der Waals surface area contributed by atoms with E-state index in [1.165, 1.54) is 5.56 Å². The monoisotopic (exact) mass is 215 g/mol. The second-order valence-corrected chi connectivity index (χ2v) is 4.06. The van der Waals surface area contributed by atoms with Crippen molar-refractivity contribution in [3.63, 3.8) is 0 Å². The van der Waals surface area contributed by atoms with Crippen molar-refractivity contribution in [1.29, 1.82) is 0 Å². The molecule has 0 heterocycles. The molecule has 0 radical (unpaired) electrons. The van der Waals surface area contributed by atoms with Crippen LogP contribution in [0.5, 0.6) is 0 Å². The van der Waals surface area contributed by atoms with Gasteiger partial charge in [0.2, 0.25) is 0 Å². The summed E-state index contributed by atoms with van der Waals surface area (Å²) in [5, 5.41) is 3.39. The van der Waals surface area contributed by atoms with Crippen LogP contribution in [0.1, 0.15) is 38.2 Å². The molecule has 1 aromatic rings. The van der Waals surface area contributed by atoms with Gasteiger partial charge in [-0.1, -0.05) is 37.3 Å². The summed E-state index contributed by atoms with van der Waals surface area (Å²) in [5.41, 5.74) is 1.39. The Balaban J connectivity index is 2.61. The SMILES string of the molecule is CC#CCCC(NC)C(C)c1ccccc1. The first-order chi connectivity index (χ1) is 7.79. The Labute approximate surface area is 99.3 Å². The molecule has 2 atom stereocenters. The van der Waals surface area contributed by atoms with E-state index in [0.717, 1.165) is 12.8 Å². The zero-order valence-corrected chi connectivity index (χ0v) is 10.5. The van der Waals surface area contributed by atoms with Crippen LogP contribution in [-0.4, -0.2) is 13.1 Å². The molecule has 0 aliphatic rings. The Kier molecular flexibility index (Phi) is 5.67. The molecule has 16 heavy (non-hydrogen) atoms. The largest absolute Gasteiger partial charge is 0.316 e. The maximum atomic E-state index is 3.39. The molecule has 0 aliphatic heterocycles. The third kappa shape index (κ3) is 3.72. The molecular formula is C15H21N. The first-order valence-corrected chi connectivity index (χ1v) is 5.91. The van der Waals surface area contributed by atoms with Crippen molar-refractivity contribution >= 4 is 0 Å². The molecule has 0 fully saturated rings. The minimum absolute atomic E-state index is 0.503. The molecule has 0 amide bonds. The van der Waals surface area contributed by atoms with E-state index in [0.29, 0.717) is 12.0 Å². The Morgan fingerprint density at radius 2 is 1.94 bits per heavy atom. The standard InChI is InChI=1S/C15H21N/c1-4-5-7-12-15(16-3)13(2)14-10-8-6-9-11-14/h6,8-11,13,15-16H,7,12H2,1-3H3. The van der Waals surface area contributed by atoms with Gasteiger partial charge in [0, 0.05) is 12.5 Å². The molecule has 0 spiro atoms. The second kappa shape index (κ2) is 7.09. The smallest absolute Gasteiger partial charge is 0.0139 e. The van der Waals surface area contributed by atoms with Crippen LogP contribution in [0.25, 0.3) is 0 Å². The van der Waals surface area contributed by atoms with Gasteiger partial charge in [0.15, 0.2) is 0 Å². The highest BCUT2D eigenvalue weighted by molar-refractivity contribution is 5.20. The number of benzene rings is 1. The van der Waals surface area contributed by atoms with Crippen LogP contribution in [0.4, 0.5) is 0 Å². The van der Waals surface area contributed by atoms with Crippen LogP contribution in [0.15, 0.2) is 30.3 Å². The zero-order chi connectivity index (χ0) is 11.8. The quantitative estimate of drug-likeness (QED) is 0.744. The molecule has 0 saturated carbocycles. The van der Waals surface area contributed by atoms with E-state index < -0.39 is 0 Å². The van der Waals surface area contributed by atoms with Crippen LogP contribution in [0, 0.1) is 11.8 Å². The van der Waals surface area contributed by atoms with Gasteiger partial charge in [-0.25, -0.2) is 0 Å². The average molecular weight is 215 g/mol. The molecule has 1 nitrogen and oxygen atoms in total. The molecule has 0 saturated heterocycles. The molecular weight excluding hydrogens is 194 g/mol. The van der Waals surface area contributed by atoms with Crippen molar-refractivity contribution in [2.24, 2.45) is 0 Å². The molecule has 2 unspecified atom stereocenters. The number of nitrogens with one attached hydrogen (secondary N) is 1. The lowest BCUT2D eigenvalue weighted by Crippen LogP contribution is -2.30. The maximum Gasteiger partial charge on any atom is 0.0139 e. The number of hydrogen-bond donors (Lipinski definition) is 1. The Hall–Kier alpha value is -1.26. The van der Waals surface area contributed by atoms with Gasteiger partial charge in [-0.2, -0.15) is 0 Å². The first kappa shape index (κ1) is 12.8. The average Bonchev–Trinajstić information content (AvgIpc) is 2.35. The van der Waals surface area contributed by atoms with E-state index in [2.05, 4.69) is 54.4 Å². The predicted octanol–water partition coefficient (Wildman–Crippen LogP) is 3.18. The molecule has 1 N–H and O–H groups in total. The third-order valence-corrected chi connectivity index (χ3v) is 3.06. The molecule has 0 bridgehead atoms. The van der Waals surface area contributed by atoms with Crippen molar-refractivity contribution < 1.29 is 0 Å². The first-order valence-electron chi connectivity index (χ1n) is 5.91. The van der Waals surface area contributed by atoms with Crippen molar-refractivity contribution in [2.45, 2.75) is 38.6 Å². The minimum atomic E-state index is 0.503. The molecule has 1 heteroatoms. The highest BCUT2D eigenvalue weighted by Gasteiger charge is 2.15. The van der Waals surface area contributed by atoms with Gasteiger partial charge >= 0.3 is 0 Å². The summed E-state index contributed by atoms with van der Waals surface area (Å²) in [6, 6.07) is 11.2. The summed E-state index contributed by atoms with van der Waals surface area (Å²) in [7, 11) is 2.03. The summed E-state index contributed by atoms with van der Waals surface area (Å²) < 4.78 is 0. The van der Waals surface area contributed by atoms with Gasteiger partial charge in [-0.3, -0.25) is 0 Å². The normalized spacial score (nSPS) is 13.7. The van der Waals surface area contributed by atoms with Gasteiger partial charge < -0.3 is 5.32 Å². The van der Waals surface area contributed by atoms with Gasteiger partial charge in [0.1, 0.15) is 0 Å². The summed E-state index contributed by atoms with van der Waals surface area (Å²) >= 11 is 0. The number of hydrogen-bond acceptors (Lipinski definition) is 1. The van der Waals surface area contributed by atoms with Gasteiger partial charge in [0.05, 0.1) is 0 Å². The molecule has 0 aliphatic carbocycles. The lowest BCUT2D eigenvalue weighted by molar-refractivity contribution is 0.461. The van der Waals surface area contributed by atoms with E-state index >= 15 is 0 Å². The lowest BCUT2D eigenvalue weighted by Gasteiger charge is -2.23. The van der Waals surface area contributed by atoms with Crippen LogP contribution in [0.2, 0.25) is 0 Å². The van der Waals surface area contributed by atoms with E-state index in [9.17, 15) is 0 Å². The van der Waals surface area contributed by atoms with Crippen LogP contribution in [0.3, 0.4) is 0 Å². The highest BCUT2D eigenvalue weighted by Crippen LogP contribution is 2.21. The van der Waals surface area contributed by atoms with Gasteiger partial charge in [-0.05, 0) is 31.9 Å². The molecule has 86 valence electrons. The minimum Gasteiger partial charge on any atom is -0.316 e. The summed E-state index contributed by atoms with van der Waals surface area (Å²) in [4.78, 5) is 0. The Morgan fingerprint density at radius 3 is 2.50 bits per heavy atom. The highest BCUT2D eigenvalue weighted by atomic mass is 14.9. The Bertz CT molecular complexity index is 345. The van der Waals surface area contributed by atoms with E-state index in [1.54, 1.807) is 0 Å². The maximum absolute atomic E-state index is 3.39. The predicted molar refractivity (Wildman–Crippen MR) is 70.4 cm³/mol. The van der Waals surface area contributed by atoms with E-state index in [4.69, 9.17) is 0 Å². The molecule has 1 aromatic carbocycles. The number of likely N-dealkylation sites (N-methyl/N-ethyl adjacent to an activating group) is 1. The van der Waals surface area contributed by atoms with Gasteiger partial charge in [0.25, 0.3) is 0 Å². The van der Waals surface area contributed by atoms with E-state index in [1.807, 2.05) is 14.0 Å². The zero-order valence-electron chi connectivity index (χ0n) is 10.5. The van der Waals surface area contributed by atoms with Crippen LogP contribution in [-0.2, 0) is 0 Å².